The van der Waals surface area contributed by atoms with Crippen molar-refractivity contribution in [3.8, 4) is 5.75 Å². The Labute approximate surface area is 112 Å². The van der Waals surface area contributed by atoms with Crippen molar-refractivity contribution in [2.24, 2.45) is 0 Å². The van der Waals surface area contributed by atoms with Gasteiger partial charge in [-0.15, -0.1) is 11.6 Å². The fourth-order valence-electron chi connectivity index (χ4n) is 1.44. The van der Waals surface area contributed by atoms with Crippen LogP contribution < -0.4 is 10.1 Å². The molecule has 0 spiro atoms. The molecule has 0 heterocycles. The maximum Gasteiger partial charge on any atom is 0.325 e. The molecule has 0 fully saturated rings. The lowest BCUT2D eigenvalue weighted by atomic mass is 10.2. The van der Waals surface area contributed by atoms with Gasteiger partial charge in [0, 0.05) is 13.1 Å². The van der Waals surface area contributed by atoms with Gasteiger partial charge in [0.15, 0.2) is 0 Å². The second-order valence-corrected chi connectivity index (χ2v) is 4.23. The Morgan fingerprint density at radius 1 is 1.50 bits per heavy atom. The van der Waals surface area contributed by atoms with E-state index in [1.807, 2.05) is 24.3 Å². The van der Waals surface area contributed by atoms with Gasteiger partial charge in [0.1, 0.15) is 11.1 Å². The van der Waals surface area contributed by atoms with Crippen LogP contribution in [0.5, 0.6) is 5.75 Å². The van der Waals surface area contributed by atoms with E-state index in [1.54, 1.807) is 14.0 Å². The van der Waals surface area contributed by atoms with Crippen molar-refractivity contribution in [2.75, 3.05) is 20.3 Å². The predicted molar refractivity (Wildman–Crippen MR) is 71.0 cm³/mol. The number of hydrogen-bond donors (Lipinski definition) is 1. The fourth-order valence-corrected chi connectivity index (χ4v) is 1.61. The van der Waals surface area contributed by atoms with Crippen LogP contribution in [0, 0.1) is 0 Å². The maximum atomic E-state index is 11.3. The van der Waals surface area contributed by atoms with Crippen LogP contribution in [0.4, 0.5) is 0 Å². The Balaban J connectivity index is 2.34. The average molecular weight is 272 g/mol. The minimum Gasteiger partial charge on any atom is -0.497 e. The standard InChI is InChI=1S/C13H18ClNO3/c1-3-18-13(16)12(14)9-15-8-10-5-4-6-11(7-10)17-2/h4-7,12,15H,3,8-9H2,1-2H3. The van der Waals surface area contributed by atoms with Crippen molar-refractivity contribution in [3.05, 3.63) is 29.8 Å². The minimum absolute atomic E-state index is 0.345. The summed E-state index contributed by atoms with van der Waals surface area (Å²) >= 11 is 5.87. The molecular formula is C13H18ClNO3. The third-order valence-electron chi connectivity index (χ3n) is 2.33. The van der Waals surface area contributed by atoms with Gasteiger partial charge >= 0.3 is 5.97 Å². The van der Waals surface area contributed by atoms with Crippen molar-refractivity contribution in [3.63, 3.8) is 0 Å². The molecule has 0 aromatic heterocycles. The average Bonchev–Trinajstić information content (AvgIpc) is 2.39. The topological polar surface area (TPSA) is 47.6 Å². The molecule has 1 N–H and O–H groups in total. The Bertz CT molecular complexity index is 384. The molecule has 1 aromatic carbocycles. The van der Waals surface area contributed by atoms with E-state index in [0.717, 1.165) is 11.3 Å². The monoisotopic (exact) mass is 271 g/mol. The SMILES string of the molecule is CCOC(=O)C(Cl)CNCc1cccc(OC)c1. The normalized spacial score (nSPS) is 11.9. The Hall–Kier alpha value is -1.26. The molecule has 0 aliphatic heterocycles. The van der Waals surface area contributed by atoms with Crippen LogP contribution >= 0.6 is 11.6 Å². The number of nitrogens with one attached hydrogen (secondary N) is 1. The van der Waals surface area contributed by atoms with Crippen LogP contribution in [0.3, 0.4) is 0 Å². The minimum atomic E-state index is -0.657. The Morgan fingerprint density at radius 3 is 2.94 bits per heavy atom. The highest BCUT2D eigenvalue weighted by atomic mass is 35.5. The molecule has 18 heavy (non-hydrogen) atoms. The van der Waals surface area contributed by atoms with Gasteiger partial charge < -0.3 is 14.8 Å². The van der Waals surface area contributed by atoms with Gasteiger partial charge in [0.2, 0.25) is 0 Å². The zero-order valence-corrected chi connectivity index (χ0v) is 11.4. The molecule has 0 aliphatic carbocycles. The molecule has 5 heteroatoms. The first-order valence-electron chi connectivity index (χ1n) is 5.81. The van der Waals surface area contributed by atoms with Crippen LogP contribution in [-0.2, 0) is 16.1 Å². The molecule has 0 saturated heterocycles. The van der Waals surface area contributed by atoms with E-state index in [2.05, 4.69) is 5.32 Å². The molecule has 0 amide bonds. The highest BCUT2D eigenvalue weighted by Gasteiger charge is 2.15. The molecular weight excluding hydrogens is 254 g/mol. The quantitative estimate of drug-likeness (QED) is 0.608. The summed E-state index contributed by atoms with van der Waals surface area (Å²) in [5, 5.41) is 2.45. The number of hydrogen-bond acceptors (Lipinski definition) is 4. The number of methoxy groups -OCH3 is 1. The van der Waals surface area contributed by atoms with Gasteiger partial charge in [-0.2, -0.15) is 0 Å². The van der Waals surface area contributed by atoms with Crippen LogP contribution in [0.15, 0.2) is 24.3 Å². The fraction of sp³-hybridized carbons (Fsp3) is 0.462. The summed E-state index contributed by atoms with van der Waals surface area (Å²) in [6.07, 6.45) is 0. The number of halogens is 1. The van der Waals surface area contributed by atoms with E-state index in [1.165, 1.54) is 0 Å². The summed E-state index contributed by atoms with van der Waals surface area (Å²) < 4.78 is 9.94. The highest BCUT2D eigenvalue weighted by Crippen LogP contribution is 2.12. The first kappa shape index (κ1) is 14.8. The molecule has 100 valence electrons. The summed E-state index contributed by atoms with van der Waals surface area (Å²) in [6.45, 7) is 3.10. The van der Waals surface area contributed by atoms with Crippen LogP contribution in [0.2, 0.25) is 0 Å². The summed E-state index contributed by atoms with van der Waals surface area (Å²) in [4.78, 5) is 11.3. The molecule has 0 radical (unpaired) electrons. The van der Waals surface area contributed by atoms with Gasteiger partial charge in [-0.05, 0) is 24.6 Å². The smallest absolute Gasteiger partial charge is 0.325 e. The molecule has 4 nitrogen and oxygen atoms in total. The number of benzene rings is 1. The van der Waals surface area contributed by atoms with Crippen molar-refractivity contribution in [1.82, 2.24) is 5.32 Å². The number of rotatable bonds is 7. The Morgan fingerprint density at radius 2 is 2.28 bits per heavy atom. The van der Waals surface area contributed by atoms with Gasteiger partial charge in [0.05, 0.1) is 13.7 Å². The van der Waals surface area contributed by atoms with E-state index in [-0.39, 0.29) is 0 Å². The molecule has 1 aromatic rings. The van der Waals surface area contributed by atoms with Crippen LogP contribution in [0.25, 0.3) is 0 Å². The first-order chi connectivity index (χ1) is 8.67. The van der Waals surface area contributed by atoms with E-state index in [4.69, 9.17) is 21.1 Å². The third-order valence-corrected chi connectivity index (χ3v) is 2.66. The highest BCUT2D eigenvalue weighted by molar-refractivity contribution is 6.30. The van der Waals surface area contributed by atoms with Crippen molar-refractivity contribution in [2.45, 2.75) is 18.8 Å². The lowest BCUT2D eigenvalue weighted by Crippen LogP contribution is -2.30. The molecule has 0 bridgehead atoms. The lowest BCUT2D eigenvalue weighted by Gasteiger charge is -2.10. The van der Waals surface area contributed by atoms with E-state index in [0.29, 0.717) is 19.7 Å². The maximum absolute atomic E-state index is 11.3. The summed E-state index contributed by atoms with van der Waals surface area (Å²) in [5.74, 6) is 0.416. The van der Waals surface area contributed by atoms with E-state index in [9.17, 15) is 4.79 Å². The second kappa shape index (κ2) is 7.95. The van der Waals surface area contributed by atoms with Gasteiger partial charge in [-0.25, -0.2) is 0 Å². The number of alkyl halides is 1. The predicted octanol–water partition coefficient (Wildman–Crippen LogP) is 1.96. The van der Waals surface area contributed by atoms with Crippen molar-refractivity contribution >= 4 is 17.6 Å². The lowest BCUT2D eigenvalue weighted by molar-refractivity contribution is -0.142. The van der Waals surface area contributed by atoms with Gasteiger partial charge in [-0.1, -0.05) is 12.1 Å². The van der Waals surface area contributed by atoms with Crippen LogP contribution in [0.1, 0.15) is 12.5 Å². The molecule has 1 rings (SSSR count). The summed E-state index contributed by atoms with van der Waals surface area (Å²) in [6, 6.07) is 7.70. The van der Waals surface area contributed by atoms with Gasteiger partial charge in [-0.3, -0.25) is 4.79 Å². The zero-order chi connectivity index (χ0) is 13.4. The van der Waals surface area contributed by atoms with E-state index >= 15 is 0 Å². The molecule has 1 atom stereocenters. The molecule has 0 saturated carbocycles. The second-order valence-electron chi connectivity index (χ2n) is 3.70. The summed E-state index contributed by atoms with van der Waals surface area (Å²) in [5.41, 5.74) is 1.07. The van der Waals surface area contributed by atoms with Crippen molar-refractivity contribution in [1.29, 1.82) is 0 Å². The van der Waals surface area contributed by atoms with E-state index < -0.39 is 11.3 Å². The first-order valence-corrected chi connectivity index (χ1v) is 6.25. The van der Waals surface area contributed by atoms with Crippen LogP contribution in [-0.4, -0.2) is 31.6 Å². The van der Waals surface area contributed by atoms with Crippen molar-refractivity contribution < 1.29 is 14.3 Å². The molecule has 0 aliphatic rings. The zero-order valence-electron chi connectivity index (χ0n) is 10.6. The number of carbonyl (C=O) groups excluding carboxylic acids is 1. The number of esters is 1. The molecule has 1 unspecified atom stereocenters. The number of carbonyl (C=O) groups is 1. The Kier molecular flexibility index (Phi) is 6.54. The summed E-state index contributed by atoms with van der Waals surface area (Å²) in [7, 11) is 1.63. The third kappa shape index (κ3) is 4.94. The van der Waals surface area contributed by atoms with Gasteiger partial charge in [0.25, 0.3) is 0 Å². The largest absolute Gasteiger partial charge is 0.497 e. The number of ether oxygens (including phenoxy) is 2.